The Morgan fingerprint density at radius 3 is 2.54 bits per heavy atom. The van der Waals surface area contributed by atoms with Crippen LogP contribution in [0.5, 0.6) is 5.75 Å². The van der Waals surface area contributed by atoms with Gasteiger partial charge < -0.3 is 9.64 Å². The van der Waals surface area contributed by atoms with Crippen molar-refractivity contribution >= 4 is 17.3 Å². The van der Waals surface area contributed by atoms with Gasteiger partial charge in [0.1, 0.15) is 12.4 Å². The SMILES string of the molecule is CN(C)CCOc1ccccc1C1=NN(c2ccccc2)C(=O)C1. The topological polar surface area (TPSA) is 45.1 Å². The molecule has 24 heavy (non-hydrogen) atoms. The molecule has 0 unspecified atom stereocenters. The number of likely N-dealkylation sites (N-methyl/N-ethyl adjacent to an activating group) is 1. The zero-order chi connectivity index (χ0) is 16.9. The summed E-state index contributed by atoms with van der Waals surface area (Å²) in [4.78, 5) is 14.4. The van der Waals surface area contributed by atoms with E-state index in [9.17, 15) is 4.79 Å². The summed E-state index contributed by atoms with van der Waals surface area (Å²) in [5.74, 6) is 0.736. The second kappa shape index (κ2) is 7.27. The van der Waals surface area contributed by atoms with E-state index in [0.29, 0.717) is 6.61 Å². The molecule has 3 rings (SSSR count). The minimum absolute atomic E-state index is 0.0284. The molecule has 0 spiro atoms. The molecule has 0 saturated carbocycles. The van der Waals surface area contributed by atoms with Gasteiger partial charge >= 0.3 is 0 Å². The lowest BCUT2D eigenvalue weighted by molar-refractivity contribution is -0.116. The number of rotatable bonds is 6. The van der Waals surface area contributed by atoms with Crippen LogP contribution < -0.4 is 9.75 Å². The van der Waals surface area contributed by atoms with Gasteiger partial charge in [0.2, 0.25) is 0 Å². The van der Waals surface area contributed by atoms with E-state index >= 15 is 0 Å². The Labute approximate surface area is 142 Å². The molecule has 2 aromatic rings. The van der Waals surface area contributed by atoms with Crippen LogP contribution >= 0.6 is 0 Å². The number of carbonyl (C=O) groups excluding carboxylic acids is 1. The van der Waals surface area contributed by atoms with E-state index in [2.05, 4.69) is 10.0 Å². The number of para-hydroxylation sites is 2. The number of nitrogens with zero attached hydrogens (tertiary/aromatic N) is 3. The first-order chi connectivity index (χ1) is 11.6. The largest absolute Gasteiger partial charge is 0.492 e. The highest BCUT2D eigenvalue weighted by atomic mass is 16.5. The number of hydrogen-bond acceptors (Lipinski definition) is 4. The minimum Gasteiger partial charge on any atom is -0.492 e. The van der Waals surface area contributed by atoms with Crippen LogP contribution in [0.15, 0.2) is 59.7 Å². The van der Waals surface area contributed by atoms with Crippen molar-refractivity contribution in [2.24, 2.45) is 5.10 Å². The summed E-state index contributed by atoms with van der Waals surface area (Å²) >= 11 is 0. The Balaban J connectivity index is 1.83. The molecule has 2 aromatic carbocycles. The van der Waals surface area contributed by atoms with Gasteiger partial charge in [-0.1, -0.05) is 30.3 Å². The maximum atomic E-state index is 12.3. The number of benzene rings is 2. The van der Waals surface area contributed by atoms with E-state index in [0.717, 1.165) is 29.3 Å². The third kappa shape index (κ3) is 3.63. The Morgan fingerprint density at radius 2 is 1.79 bits per heavy atom. The smallest absolute Gasteiger partial charge is 0.253 e. The van der Waals surface area contributed by atoms with Gasteiger partial charge in [0.15, 0.2) is 0 Å². The Hall–Kier alpha value is -2.66. The highest BCUT2D eigenvalue weighted by molar-refractivity contribution is 6.20. The molecule has 124 valence electrons. The third-order valence-corrected chi connectivity index (χ3v) is 3.77. The van der Waals surface area contributed by atoms with Crippen LogP contribution in [-0.4, -0.2) is 43.8 Å². The Kier molecular flexibility index (Phi) is 4.91. The van der Waals surface area contributed by atoms with Gasteiger partial charge in [-0.25, -0.2) is 5.01 Å². The molecule has 0 radical (unpaired) electrons. The lowest BCUT2D eigenvalue weighted by Gasteiger charge is -2.13. The van der Waals surface area contributed by atoms with Gasteiger partial charge in [-0.3, -0.25) is 4.79 Å². The van der Waals surface area contributed by atoms with Crippen molar-refractivity contribution in [1.29, 1.82) is 0 Å². The van der Waals surface area contributed by atoms with Crippen molar-refractivity contribution < 1.29 is 9.53 Å². The number of amides is 1. The van der Waals surface area contributed by atoms with Crippen LogP contribution in [0.4, 0.5) is 5.69 Å². The zero-order valence-corrected chi connectivity index (χ0v) is 14.0. The van der Waals surface area contributed by atoms with Crippen LogP contribution in [0.1, 0.15) is 12.0 Å². The molecule has 5 heteroatoms. The molecule has 1 aliphatic rings. The maximum Gasteiger partial charge on any atom is 0.253 e. The number of hydrogen-bond donors (Lipinski definition) is 0. The van der Waals surface area contributed by atoms with Crippen molar-refractivity contribution in [1.82, 2.24) is 4.90 Å². The fourth-order valence-corrected chi connectivity index (χ4v) is 2.52. The van der Waals surface area contributed by atoms with E-state index in [1.165, 1.54) is 5.01 Å². The summed E-state index contributed by atoms with van der Waals surface area (Å²) in [6.07, 6.45) is 0.281. The fourth-order valence-electron chi connectivity index (χ4n) is 2.52. The van der Waals surface area contributed by atoms with E-state index in [1.807, 2.05) is 68.7 Å². The summed E-state index contributed by atoms with van der Waals surface area (Å²) in [6, 6.07) is 17.2. The van der Waals surface area contributed by atoms with Crippen LogP contribution in [0.3, 0.4) is 0 Å². The monoisotopic (exact) mass is 323 g/mol. The predicted octanol–water partition coefficient (Wildman–Crippen LogP) is 2.77. The molecule has 1 heterocycles. The first-order valence-electron chi connectivity index (χ1n) is 7.97. The summed E-state index contributed by atoms with van der Waals surface area (Å²) in [7, 11) is 4.01. The van der Waals surface area contributed by atoms with Gasteiger partial charge in [0.05, 0.1) is 17.8 Å². The fraction of sp³-hybridized carbons (Fsp3) is 0.263. The van der Waals surface area contributed by atoms with Gasteiger partial charge in [-0.05, 0) is 38.4 Å². The van der Waals surface area contributed by atoms with Gasteiger partial charge in [0.25, 0.3) is 5.91 Å². The summed E-state index contributed by atoms with van der Waals surface area (Å²) in [5, 5.41) is 5.99. The van der Waals surface area contributed by atoms with Crippen LogP contribution in [0.25, 0.3) is 0 Å². The van der Waals surface area contributed by atoms with Crippen LogP contribution in [0, 0.1) is 0 Å². The minimum atomic E-state index is -0.0284. The molecule has 0 fully saturated rings. The summed E-state index contributed by atoms with van der Waals surface area (Å²) < 4.78 is 5.88. The van der Waals surface area contributed by atoms with Crippen LogP contribution in [0.2, 0.25) is 0 Å². The van der Waals surface area contributed by atoms with Crippen molar-refractivity contribution in [2.75, 3.05) is 32.3 Å². The zero-order valence-electron chi connectivity index (χ0n) is 14.0. The molecule has 0 atom stereocenters. The number of carbonyl (C=O) groups is 1. The lowest BCUT2D eigenvalue weighted by atomic mass is 10.1. The molecule has 0 aliphatic carbocycles. The first kappa shape index (κ1) is 16.2. The predicted molar refractivity (Wildman–Crippen MR) is 95.6 cm³/mol. The molecule has 0 aromatic heterocycles. The van der Waals surface area contributed by atoms with E-state index in [1.54, 1.807) is 0 Å². The van der Waals surface area contributed by atoms with Gasteiger partial charge in [-0.15, -0.1) is 0 Å². The van der Waals surface area contributed by atoms with Crippen molar-refractivity contribution in [3.63, 3.8) is 0 Å². The number of anilines is 1. The molecule has 0 bridgehead atoms. The molecule has 1 amide bonds. The van der Waals surface area contributed by atoms with Gasteiger partial charge in [-0.2, -0.15) is 5.10 Å². The molecule has 5 nitrogen and oxygen atoms in total. The van der Waals surface area contributed by atoms with E-state index in [-0.39, 0.29) is 12.3 Å². The second-order valence-corrected chi connectivity index (χ2v) is 5.91. The average Bonchev–Trinajstić information content (AvgIpc) is 2.97. The molecular formula is C19H21N3O2. The van der Waals surface area contributed by atoms with Gasteiger partial charge in [0, 0.05) is 12.1 Å². The lowest BCUT2D eigenvalue weighted by Crippen LogP contribution is -2.20. The maximum absolute atomic E-state index is 12.3. The van der Waals surface area contributed by atoms with Crippen molar-refractivity contribution in [3.8, 4) is 5.75 Å². The summed E-state index contributed by atoms with van der Waals surface area (Å²) in [6.45, 7) is 1.42. The molecular weight excluding hydrogens is 302 g/mol. The summed E-state index contributed by atoms with van der Waals surface area (Å²) in [5.41, 5.74) is 2.40. The normalized spacial score (nSPS) is 14.2. The number of ether oxygens (including phenoxy) is 1. The average molecular weight is 323 g/mol. The quantitative estimate of drug-likeness (QED) is 0.821. The second-order valence-electron chi connectivity index (χ2n) is 5.91. The Morgan fingerprint density at radius 1 is 1.08 bits per heavy atom. The molecule has 1 aliphatic heterocycles. The van der Waals surface area contributed by atoms with Crippen molar-refractivity contribution in [3.05, 3.63) is 60.2 Å². The van der Waals surface area contributed by atoms with E-state index < -0.39 is 0 Å². The first-order valence-corrected chi connectivity index (χ1v) is 7.97. The third-order valence-electron chi connectivity index (χ3n) is 3.77. The standard InChI is InChI=1S/C19H21N3O2/c1-21(2)12-13-24-18-11-7-6-10-16(18)17-14-19(23)22(20-17)15-8-4-3-5-9-15/h3-11H,12-14H2,1-2H3. The Bertz CT molecular complexity index is 741. The van der Waals surface area contributed by atoms with E-state index in [4.69, 9.17) is 4.74 Å². The molecule has 0 N–H and O–H groups in total. The van der Waals surface area contributed by atoms with Crippen LogP contribution in [-0.2, 0) is 4.79 Å². The highest BCUT2D eigenvalue weighted by Crippen LogP contribution is 2.27. The molecule has 0 saturated heterocycles. The van der Waals surface area contributed by atoms with Crippen molar-refractivity contribution in [2.45, 2.75) is 6.42 Å². The number of hydrazone groups is 1. The highest BCUT2D eigenvalue weighted by Gasteiger charge is 2.27.